The van der Waals surface area contributed by atoms with Crippen LogP contribution in [0.2, 0.25) is 0 Å². The molecule has 20 heavy (non-hydrogen) atoms. The van der Waals surface area contributed by atoms with Gasteiger partial charge in [0.2, 0.25) is 0 Å². The van der Waals surface area contributed by atoms with Gasteiger partial charge in [0.05, 0.1) is 0 Å². The van der Waals surface area contributed by atoms with Crippen molar-refractivity contribution in [3.8, 4) is 5.75 Å². The van der Waals surface area contributed by atoms with Crippen LogP contribution in [0.15, 0.2) is 18.2 Å². The van der Waals surface area contributed by atoms with Gasteiger partial charge in [-0.2, -0.15) is 0 Å². The lowest BCUT2D eigenvalue weighted by Gasteiger charge is -2.36. The highest BCUT2D eigenvalue weighted by atomic mass is 19.1. The van der Waals surface area contributed by atoms with Crippen molar-refractivity contribution in [1.82, 2.24) is 10.2 Å². The van der Waals surface area contributed by atoms with Gasteiger partial charge in [0.15, 0.2) is 18.2 Å². The maximum Gasteiger partial charge on any atom is 0.260 e. The van der Waals surface area contributed by atoms with Crippen LogP contribution in [-0.4, -0.2) is 42.6 Å². The number of hydrogen-bond acceptors (Lipinski definition) is 3. The van der Waals surface area contributed by atoms with E-state index in [-0.39, 0.29) is 30.3 Å². The molecule has 1 aromatic rings. The Morgan fingerprint density at radius 3 is 2.60 bits per heavy atom. The highest BCUT2D eigenvalue weighted by molar-refractivity contribution is 5.78. The van der Waals surface area contributed by atoms with Gasteiger partial charge in [-0.05, 0) is 26.0 Å². The SMILES string of the molecule is C[C@H]1CN(C(=O)COc2ccc(F)cc2F)C[C@H](C)N1. The number of benzene rings is 1. The summed E-state index contributed by atoms with van der Waals surface area (Å²) in [7, 11) is 0. The molecule has 0 saturated carbocycles. The van der Waals surface area contributed by atoms with E-state index in [0.717, 1.165) is 12.1 Å². The van der Waals surface area contributed by atoms with Gasteiger partial charge in [0.25, 0.3) is 5.91 Å². The maximum absolute atomic E-state index is 13.4. The molecule has 0 unspecified atom stereocenters. The predicted molar refractivity (Wildman–Crippen MR) is 70.5 cm³/mol. The molecule has 1 aliphatic rings. The van der Waals surface area contributed by atoms with Crippen LogP contribution >= 0.6 is 0 Å². The van der Waals surface area contributed by atoms with E-state index in [0.29, 0.717) is 13.1 Å². The number of piperazine rings is 1. The molecular formula is C14H18F2N2O2. The Morgan fingerprint density at radius 1 is 1.35 bits per heavy atom. The summed E-state index contributed by atoms with van der Waals surface area (Å²) in [5.41, 5.74) is 0. The first-order valence-electron chi connectivity index (χ1n) is 6.57. The first-order valence-corrected chi connectivity index (χ1v) is 6.57. The lowest BCUT2D eigenvalue weighted by atomic mass is 10.1. The normalized spacial score (nSPS) is 22.7. The van der Waals surface area contributed by atoms with E-state index in [1.54, 1.807) is 4.90 Å². The number of nitrogens with zero attached hydrogens (tertiary/aromatic N) is 1. The number of nitrogens with one attached hydrogen (secondary N) is 1. The molecule has 1 saturated heterocycles. The fraction of sp³-hybridized carbons (Fsp3) is 0.500. The number of rotatable bonds is 3. The van der Waals surface area contributed by atoms with Gasteiger partial charge in [0, 0.05) is 31.2 Å². The van der Waals surface area contributed by atoms with Crippen LogP contribution in [0.5, 0.6) is 5.75 Å². The van der Waals surface area contributed by atoms with Gasteiger partial charge in [-0.25, -0.2) is 8.78 Å². The zero-order valence-electron chi connectivity index (χ0n) is 11.5. The molecule has 2 rings (SSSR count). The fourth-order valence-electron chi connectivity index (χ4n) is 2.35. The Morgan fingerprint density at radius 2 is 2.00 bits per heavy atom. The van der Waals surface area contributed by atoms with Crippen molar-refractivity contribution in [1.29, 1.82) is 0 Å². The minimum absolute atomic E-state index is 0.115. The first-order chi connectivity index (χ1) is 9.45. The molecule has 1 N–H and O–H groups in total. The van der Waals surface area contributed by atoms with Crippen LogP contribution in [0.1, 0.15) is 13.8 Å². The summed E-state index contributed by atoms with van der Waals surface area (Å²) < 4.78 is 31.2. The lowest BCUT2D eigenvalue weighted by Crippen LogP contribution is -2.56. The van der Waals surface area contributed by atoms with Gasteiger partial charge >= 0.3 is 0 Å². The van der Waals surface area contributed by atoms with Gasteiger partial charge in [-0.1, -0.05) is 0 Å². The molecular weight excluding hydrogens is 266 g/mol. The number of carbonyl (C=O) groups is 1. The molecule has 1 fully saturated rings. The third kappa shape index (κ3) is 3.66. The summed E-state index contributed by atoms with van der Waals surface area (Å²) in [6.45, 7) is 4.94. The summed E-state index contributed by atoms with van der Waals surface area (Å²) in [6.07, 6.45) is 0. The van der Waals surface area contributed by atoms with Crippen molar-refractivity contribution in [2.75, 3.05) is 19.7 Å². The van der Waals surface area contributed by atoms with E-state index in [4.69, 9.17) is 4.74 Å². The van der Waals surface area contributed by atoms with Gasteiger partial charge < -0.3 is 15.0 Å². The highest BCUT2D eigenvalue weighted by Crippen LogP contribution is 2.17. The Bertz CT molecular complexity index is 486. The monoisotopic (exact) mass is 284 g/mol. The van der Waals surface area contributed by atoms with Crippen LogP contribution < -0.4 is 10.1 Å². The third-order valence-electron chi connectivity index (χ3n) is 3.16. The van der Waals surface area contributed by atoms with Crippen LogP contribution in [0.3, 0.4) is 0 Å². The molecule has 1 heterocycles. The van der Waals surface area contributed by atoms with Crippen molar-refractivity contribution in [2.45, 2.75) is 25.9 Å². The molecule has 0 aromatic heterocycles. The molecule has 1 aromatic carbocycles. The maximum atomic E-state index is 13.4. The second kappa shape index (κ2) is 6.17. The minimum Gasteiger partial charge on any atom is -0.481 e. The summed E-state index contributed by atoms with van der Waals surface area (Å²) in [4.78, 5) is 13.7. The van der Waals surface area contributed by atoms with Crippen LogP contribution in [0.4, 0.5) is 8.78 Å². The Labute approximate surface area is 116 Å². The number of hydrogen-bond donors (Lipinski definition) is 1. The van der Waals surface area contributed by atoms with Crippen molar-refractivity contribution >= 4 is 5.91 Å². The number of halogens is 2. The van der Waals surface area contributed by atoms with Crippen molar-refractivity contribution in [3.63, 3.8) is 0 Å². The standard InChI is InChI=1S/C14H18F2N2O2/c1-9-6-18(7-10(2)17-9)14(19)8-20-13-4-3-11(15)5-12(13)16/h3-5,9-10,17H,6-8H2,1-2H3/t9-,10-/m0/s1. The van der Waals surface area contributed by atoms with Crippen LogP contribution in [0, 0.1) is 11.6 Å². The average Bonchev–Trinajstić information content (AvgIpc) is 2.36. The minimum atomic E-state index is -0.806. The second-order valence-electron chi connectivity index (χ2n) is 5.13. The van der Waals surface area contributed by atoms with Crippen molar-refractivity contribution in [3.05, 3.63) is 29.8 Å². The molecule has 1 amide bonds. The van der Waals surface area contributed by atoms with E-state index in [9.17, 15) is 13.6 Å². The molecule has 0 bridgehead atoms. The smallest absolute Gasteiger partial charge is 0.260 e. The summed E-state index contributed by atoms with van der Waals surface area (Å²) in [5.74, 6) is -1.80. The van der Waals surface area contributed by atoms with Crippen molar-refractivity contribution in [2.24, 2.45) is 0 Å². The Balaban J connectivity index is 1.91. The van der Waals surface area contributed by atoms with E-state index >= 15 is 0 Å². The zero-order valence-corrected chi connectivity index (χ0v) is 11.5. The average molecular weight is 284 g/mol. The van der Waals surface area contributed by atoms with Gasteiger partial charge in [-0.15, -0.1) is 0 Å². The molecule has 110 valence electrons. The van der Waals surface area contributed by atoms with E-state index < -0.39 is 11.6 Å². The van der Waals surface area contributed by atoms with Crippen LogP contribution in [-0.2, 0) is 4.79 Å². The molecule has 4 nitrogen and oxygen atoms in total. The summed E-state index contributed by atoms with van der Waals surface area (Å²) >= 11 is 0. The molecule has 0 radical (unpaired) electrons. The van der Waals surface area contributed by atoms with E-state index in [1.165, 1.54) is 6.07 Å². The number of carbonyl (C=O) groups excluding carboxylic acids is 1. The lowest BCUT2D eigenvalue weighted by molar-refractivity contribution is -0.135. The predicted octanol–water partition coefficient (Wildman–Crippen LogP) is 1.55. The van der Waals surface area contributed by atoms with Gasteiger partial charge in [0.1, 0.15) is 5.82 Å². The third-order valence-corrected chi connectivity index (χ3v) is 3.16. The topological polar surface area (TPSA) is 41.6 Å². The summed E-state index contributed by atoms with van der Waals surface area (Å²) in [5, 5.41) is 3.32. The van der Waals surface area contributed by atoms with E-state index in [2.05, 4.69) is 5.32 Å². The molecule has 2 atom stereocenters. The molecule has 0 spiro atoms. The Kier molecular flexibility index (Phi) is 4.54. The molecule has 1 aliphatic heterocycles. The fourth-order valence-corrected chi connectivity index (χ4v) is 2.35. The summed E-state index contributed by atoms with van der Waals surface area (Å²) in [6, 6.07) is 3.43. The highest BCUT2D eigenvalue weighted by Gasteiger charge is 2.25. The van der Waals surface area contributed by atoms with Crippen molar-refractivity contribution < 1.29 is 18.3 Å². The molecule has 6 heteroatoms. The Hall–Kier alpha value is -1.69. The first kappa shape index (κ1) is 14.7. The van der Waals surface area contributed by atoms with Crippen LogP contribution in [0.25, 0.3) is 0 Å². The van der Waals surface area contributed by atoms with E-state index in [1.807, 2.05) is 13.8 Å². The number of ether oxygens (including phenoxy) is 1. The second-order valence-corrected chi connectivity index (χ2v) is 5.13. The zero-order chi connectivity index (χ0) is 14.7. The quantitative estimate of drug-likeness (QED) is 0.915. The largest absolute Gasteiger partial charge is 0.481 e. The van der Waals surface area contributed by atoms with Gasteiger partial charge in [-0.3, -0.25) is 4.79 Å². The molecule has 0 aliphatic carbocycles. The number of amides is 1.